The lowest BCUT2D eigenvalue weighted by Gasteiger charge is -2.30. The van der Waals surface area contributed by atoms with E-state index in [0.29, 0.717) is 155 Å². The van der Waals surface area contributed by atoms with E-state index in [9.17, 15) is 43.2 Å². The Bertz CT molecular complexity index is 1990. The highest BCUT2D eigenvalue weighted by Gasteiger charge is 2.34. The zero-order valence-electron chi connectivity index (χ0n) is 51.8. The van der Waals surface area contributed by atoms with Crippen molar-refractivity contribution in [3.05, 3.63) is 0 Å². The molecule has 0 aliphatic carbocycles. The second kappa shape index (κ2) is 47.0. The van der Waals surface area contributed by atoms with Crippen molar-refractivity contribution in [2.24, 2.45) is 46.2 Å². The fraction of sp³-hybridized carbons (Fsp3) is 0.828. The molecule has 1 aliphatic rings. The predicted octanol–water partition coefficient (Wildman–Crippen LogP) is -0.820. The van der Waals surface area contributed by atoms with Gasteiger partial charge in [-0.15, -0.1) is 0 Å². The van der Waals surface area contributed by atoms with E-state index >= 15 is 4.79 Å². The van der Waals surface area contributed by atoms with E-state index in [1.54, 1.807) is 0 Å². The lowest BCUT2D eigenvalue weighted by molar-refractivity contribution is -0.141. The number of thiol groups is 1. The molecule has 1 aliphatic heterocycles. The quantitative estimate of drug-likeness (QED) is 0.0272. The molecular weight excluding hydrogens is 1110 g/mol. The van der Waals surface area contributed by atoms with Gasteiger partial charge in [-0.2, -0.15) is 12.6 Å². The average molecular weight is 1230 g/mol. The van der Waals surface area contributed by atoms with Crippen molar-refractivity contribution in [3.8, 4) is 0 Å². The third kappa shape index (κ3) is 34.7. The van der Waals surface area contributed by atoms with Crippen molar-refractivity contribution < 1.29 is 47.9 Å². The average Bonchev–Trinajstić information content (AvgIpc) is 3.47. The number of nitrogens with one attached hydrogen (secondary N) is 9. The standard InChI is InChI=1S/C58H112N16O10S/c1-39(2)35-46(56(82)72-47(38-85)52(64)78)66-36-41(21-9-14-28-59)67-53(79)42(22-10-15-29-60)69-50(77)37-74-34-20-6-5-19-33-65-57(83)51(40(3)4)73-49(76)27-8-7-26-48(75)68-43(23-11-16-30-61)54(80)70-44(24-12-17-31-62)55(81)71-45(58(74)84)25-13-18-32-63/h39-47,51,66,85H,5-38,59-63H2,1-4H3,(H2,64,78)(H,65,83)(H,67,79)(H,68,75)(H,69,77)(H,70,80)(H,71,81)(H,72,82)(H,73,76)/t41-,42-,43-,44-,45-,46-,47-,51-/m0/s1. The molecule has 0 aromatic rings. The number of hydrogen-bond acceptors (Lipinski definition) is 17. The van der Waals surface area contributed by atoms with E-state index < -0.39 is 102 Å². The number of hydrogen-bond donors (Lipinski definition) is 16. The molecule has 1 saturated heterocycles. The highest BCUT2D eigenvalue weighted by Crippen LogP contribution is 2.14. The van der Waals surface area contributed by atoms with Crippen molar-refractivity contribution in [1.82, 2.24) is 52.8 Å². The molecule has 21 N–H and O–H groups in total. The van der Waals surface area contributed by atoms with Crippen LogP contribution in [0.3, 0.4) is 0 Å². The number of rotatable bonds is 35. The molecule has 0 aromatic carbocycles. The predicted molar refractivity (Wildman–Crippen MR) is 334 cm³/mol. The van der Waals surface area contributed by atoms with Crippen LogP contribution in [0.5, 0.6) is 0 Å². The minimum atomic E-state index is -1.17. The third-order valence-corrected chi connectivity index (χ3v) is 15.2. The molecule has 0 saturated carbocycles. The van der Waals surface area contributed by atoms with Crippen LogP contribution in [-0.2, 0) is 47.9 Å². The van der Waals surface area contributed by atoms with Crippen LogP contribution in [0.25, 0.3) is 0 Å². The van der Waals surface area contributed by atoms with Crippen molar-refractivity contribution >= 4 is 71.7 Å². The molecular formula is C58H112N16O10S. The summed E-state index contributed by atoms with van der Waals surface area (Å²) in [6.45, 7) is 9.36. The first-order valence-electron chi connectivity index (χ1n) is 31.5. The van der Waals surface area contributed by atoms with Gasteiger partial charge in [-0.3, -0.25) is 47.9 Å². The van der Waals surface area contributed by atoms with Gasteiger partial charge in [0.05, 0.1) is 12.6 Å². The van der Waals surface area contributed by atoms with E-state index in [1.807, 2.05) is 27.7 Å². The van der Waals surface area contributed by atoms with Crippen molar-refractivity contribution in [3.63, 3.8) is 0 Å². The molecule has 0 radical (unpaired) electrons. The Morgan fingerprint density at radius 2 is 1.07 bits per heavy atom. The van der Waals surface area contributed by atoms with Crippen LogP contribution in [0, 0.1) is 11.8 Å². The Morgan fingerprint density at radius 1 is 0.565 bits per heavy atom. The summed E-state index contributed by atoms with van der Waals surface area (Å²) in [4.78, 5) is 139. The van der Waals surface area contributed by atoms with Crippen LogP contribution >= 0.6 is 12.6 Å². The Balaban J connectivity index is 3.78. The van der Waals surface area contributed by atoms with Crippen molar-refractivity contribution in [2.45, 2.75) is 230 Å². The van der Waals surface area contributed by atoms with E-state index in [4.69, 9.17) is 34.4 Å². The van der Waals surface area contributed by atoms with Crippen molar-refractivity contribution in [2.75, 3.05) is 64.7 Å². The fourth-order valence-corrected chi connectivity index (χ4v) is 10.1. The lowest BCUT2D eigenvalue weighted by atomic mass is 10.0. The topological polar surface area (TPSA) is 438 Å². The monoisotopic (exact) mass is 1220 g/mol. The maximum absolute atomic E-state index is 15.0. The number of primary amides is 1. The smallest absolute Gasteiger partial charge is 0.245 e. The van der Waals surface area contributed by atoms with Gasteiger partial charge in [0.25, 0.3) is 0 Å². The summed E-state index contributed by atoms with van der Waals surface area (Å²) in [7, 11) is 0. The number of carbonyl (C=O) groups excluding carboxylic acids is 10. The molecule has 490 valence electrons. The third-order valence-electron chi connectivity index (χ3n) is 14.8. The summed E-state index contributed by atoms with van der Waals surface area (Å²) in [5.74, 6) is -5.35. The minimum Gasteiger partial charge on any atom is -0.368 e. The van der Waals surface area contributed by atoms with Gasteiger partial charge < -0.3 is 87.2 Å². The molecule has 0 aromatic heterocycles. The van der Waals surface area contributed by atoms with Gasteiger partial charge in [-0.05, 0) is 167 Å². The molecule has 0 unspecified atom stereocenters. The number of unbranched alkanes of at least 4 members (excludes halogenated alkanes) is 5. The van der Waals surface area contributed by atoms with Crippen molar-refractivity contribution in [1.29, 1.82) is 0 Å². The van der Waals surface area contributed by atoms with Crippen LogP contribution in [0.1, 0.15) is 182 Å². The molecule has 85 heavy (non-hydrogen) atoms. The van der Waals surface area contributed by atoms with Crippen LogP contribution in [0.4, 0.5) is 0 Å². The number of amides is 10. The first-order chi connectivity index (χ1) is 40.7. The Hall–Kier alpha value is -5.19. The summed E-state index contributed by atoms with van der Waals surface area (Å²) in [6.07, 6.45) is 9.93. The molecule has 1 fully saturated rings. The molecule has 0 spiro atoms. The zero-order valence-corrected chi connectivity index (χ0v) is 52.7. The maximum Gasteiger partial charge on any atom is 0.245 e. The van der Waals surface area contributed by atoms with Gasteiger partial charge in [0, 0.05) is 44.3 Å². The van der Waals surface area contributed by atoms with E-state index in [-0.39, 0.29) is 81.0 Å². The van der Waals surface area contributed by atoms with Gasteiger partial charge in [0.2, 0.25) is 59.1 Å². The SMILES string of the molecule is CC(C)C[C@H](NC[C@H](CCCCN)NC(=O)[C@H](CCCCN)NC(=O)CN1CCCCCCNC(=O)[C@H](C(C)C)NC(=O)CCCCC(=O)N[C@@H](CCCCN)C(=O)N[C@@H](CCCCN)C(=O)N[C@@H](CCCCN)C1=O)C(=O)N[C@@H](CS)C(N)=O. The summed E-state index contributed by atoms with van der Waals surface area (Å²) >= 11 is 4.17. The molecule has 26 nitrogen and oxygen atoms in total. The highest BCUT2D eigenvalue weighted by atomic mass is 32.1. The van der Waals surface area contributed by atoms with E-state index in [1.165, 1.54) is 4.90 Å². The van der Waals surface area contributed by atoms with Crippen LogP contribution in [0.2, 0.25) is 0 Å². The molecule has 8 atom stereocenters. The van der Waals surface area contributed by atoms with E-state index in [2.05, 4.69) is 60.5 Å². The van der Waals surface area contributed by atoms with Gasteiger partial charge in [0.15, 0.2) is 0 Å². The van der Waals surface area contributed by atoms with Gasteiger partial charge in [-0.25, -0.2) is 0 Å². The molecule has 10 amide bonds. The second-order valence-corrected chi connectivity index (χ2v) is 23.6. The van der Waals surface area contributed by atoms with Crippen LogP contribution < -0.4 is 82.3 Å². The normalized spacial score (nSPS) is 20.3. The number of nitrogens with zero attached hydrogens (tertiary/aromatic N) is 1. The van der Waals surface area contributed by atoms with Gasteiger partial charge >= 0.3 is 0 Å². The Kier molecular flexibility index (Phi) is 43.0. The lowest BCUT2D eigenvalue weighted by Crippen LogP contribution is -2.58. The van der Waals surface area contributed by atoms with Crippen LogP contribution in [-0.4, -0.2) is 177 Å². The van der Waals surface area contributed by atoms with E-state index in [0.717, 1.165) is 0 Å². The zero-order chi connectivity index (χ0) is 63.5. The molecule has 1 heterocycles. The first kappa shape index (κ1) is 77.8. The molecule has 0 bridgehead atoms. The highest BCUT2D eigenvalue weighted by molar-refractivity contribution is 7.80. The van der Waals surface area contributed by atoms with Gasteiger partial charge in [-0.1, -0.05) is 47.0 Å². The summed E-state index contributed by atoms with van der Waals surface area (Å²) in [5, 5.41) is 26.2. The molecule has 27 heteroatoms. The second-order valence-electron chi connectivity index (χ2n) is 23.2. The number of nitrogens with two attached hydrogens (primary N) is 6. The first-order valence-corrected chi connectivity index (χ1v) is 32.1. The maximum atomic E-state index is 15.0. The fourth-order valence-electron chi connectivity index (χ4n) is 9.78. The Labute approximate surface area is 511 Å². The number of carbonyl (C=O) groups is 10. The summed E-state index contributed by atoms with van der Waals surface area (Å²) in [5.41, 5.74) is 34.8. The summed E-state index contributed by atoms with van der Waals surface area (Å²) in [6, 6.07) is -7.47. The largest absolute Gasteiger partial charge is 0.368 e. The molecule has 1 rings (SSSR count). The Morgan fingerprint density at radius 3 is 1.61 bits per heavy atom. The minimum absolute atomic E-state index is 0.00605. The van der Waals surface area contributed by atoms with Gasteiger partial charge in [0.1, 0.15) is 36.3 Å². The summed E-state index contributed by atoms with van der Waals surface area (Å²) < 4.78 is 0. The van der Waals surface area contributed by atoms with Crippen LogP contribution in [0.15, 0.2) is 0 Å².